The van der Waals surface area contributed by atoms with E-state index in [1.54, 1.807) is 12.1 Å². The zero-order chi connectivity index (χ0) is 15.0. The molecule has 0 aliphatic heterocycles. The molecule has 0 radical (unpaired) electrons. The van der Waals surface area contributed by atoms with E-state index in [9.17, 15) is 13.2 Å². The van der Waals surface area contributed by atoms with Crippen molar-refractivity contribution >= 4 is 0 Å². The van der Waals surface area contributed by atoms with Crippen molar-refractivity contribution in [1.82, 2.24) is 0 Å². The van der Waals surface area contributed by atoms with Gasteiger partial charge in [-0.25, -0.2) is 0 Å². The van der Waals surface area contributed by atoms with Gasteiger partial charge in [-0.2, -0.15) is 13.2 Å². The van der Waals surface area contributed by atoms with Gasteiger partial charge in [-0.05, 0) is 42.9 Å². The Bertz CT molecular complexity index is 444. The zero-order valence-corrected chi connectivity index (χ0v) is 12.0. The van der Waals surface area contributed by atoms with Gasteiger partial charge in [-0.3, -0.25) is 0 Å². The zero-order valence-electron chi connectivity index (χ0n) is 12.0. The number of halogens is 3. The summed E-state index contributed by atoms with van der Waals surface area (Å²) in [5.74, 6) is 0.497. The molecule has 4 heteroatoms. The molecule has 0 spiro atoms. The van der Waals surface area contributed by atoms with Crippen LogP contribution in [0, 0.1) is 5.92 Å². The van der Waals surface area contributed by atoms with Gasteiger partial charge in [0.1, 0.15) is 0 Å². The second kappa shape index (κ2) is 5.40. The Hall–Kier alpha value is -1.03. The molecule has 112 valence electrons. The highest BCUT2D eigenvalue weighted by Gasteiger charge is 2.44. The van der Waals surface area contributed by atoms with Crippen LogP contribution in [0.25, 0.3) is 0 Å². The first-order valence-corrected chi connectivity index (χ1v) is 7.19. The van der Waals surface area contributed by atoms with Crippen LogP contribution >= 0.6 is 0 Å². The Morgan fingerprint density at radius 2 is 1.70 bits per heavy atom. The van der Waals surface area contributed by atoms with Crippen LogP contribution in [0.2, 0.25) is 0 Å². The van der Waals surface area contributed by atoms with Gasteiger partial charge in [0.05, 0.1) is 5.56 Å². The lowest BCUT2D eigenvalue weighted by molar-refractivity contribution is -0.137. The van der Waals surface area contributed by atoms with E-state index in [0.717, 1.165) is 31.2 Å². The van der Waals surface area contributed by atoms with E-state index in [1.165, 1.54) is 12.1 Å². The molecule has 1 aromatic carbocycles. The maximum Gasteiger partial charge on any atom is 0.416 e. The van der Waals surface area contributed by atoms with E-state index < -0.39 is 11.7 Å². The first-order valence-electron chi connectivity index (χ1n) is 7.19. The van der Waals surface area contributed by atoms with E-state index in [4.69, 9.17) is 5.73 Å². The van der Waals surface area contributed by atoms with Gasteiger partial charge in [0.25, 0.3) is 0 Å². The highest BCUT2D eigenvalue weighted by molar-refractivity contribution is 5.34. The summed E-state index contributed by atoms with van der Waals surface area (Å²) in [7, 11) is 0. The highest BCUT2D eigenvalue weighted by atomic mass is 19.4. The maximum atomic E-state index is 12.6. The van der Waals surface area contributed by atoms with Crippen LogP contribution in [-0.2, 0) is 11.6 Å². The fourth-order valence-electron chi connectivity index (χ4n) is 3.16. The fourth-order valence-corrected chi connectivity index (χ4v) is 3.16. The van der Waals surface area contributed by atoms with Crippen molar-refractivity contribution in [1.29, 1.82) is 0 Å². The van der Waals surface area contributed by atoms with Crippen LogP contribution in [0.3, 0.4) is 0 Å². The monoisotopic (exact) mass is 285 g/mol. The maximum absolute atomic E-state index is 12.6. The minimum Gasteiger partial charge on any atom is -0.327 e. The molecule has 0 heterocycles. The minimum absolute atomic E-state index is 0.0213. The lowest BCUT2D eigenvalue weighted by Crippen LogP contribution is -2.50. The van der Waals surface area contributed by atoms with Crippen molar-refractivity contribution in [3.05, 3.63) is 35.4 Å². The van der Waals surface area contributed by atoms with E-state index >= 15 is 0 Å². The van der Waals surface area contributed by atoms with Crippen LogP contribution in [0.4, 0.5) is 13.2 Å². The van der Waals surface area contributed by atoms with Crippen molar-refractivity contribution in [2.24, 2.45) is 11.7 Å². The van der Waals surface area contributed by atoms with Gasteiger partial charge in [0, 0.05) is 11.5 Å². The molecule has 0 bridgehead atoms. The largest absolute Gasteiger partial charge is 0.416 e. The van der Waals surface area contributed by atoms with Crippen LogP contribution in [0.15, 0.2) is 24.3 Å². The normalized spacial score (nSPS) is 19.8. The molecule has 1 aromatic rings. The summed E-state index contributed by atoms with van der Waals surface area (Å²) in [5, 5.41) is 0. The Labute approximate surface area is 118 Å². The molecule has 1 unspecified atom stereocenters. The number of alkyl halides is 3. The molecule has 0 amide bonds. The van der Waals surface area contributed by atoms with Gasteiger partial charge in [-0.1, -0.05) is 32.4 Å². The van der Waals surface area contributed by atoms with Gasteiger partial charge in [-0.15, -0.1) is 0 Å². The molecule has 2 rings (SSSR count). The molecule has 20 heavy (non-hydrogen) atoms. The Morgan fingerprint density at radius 3 is 2.05 bits per heavy atom. The van der Waals surface area contributed by atoms with Crippen LogP contribution < -0.4 is 5.73 Å². The summed E-state index contributed by atoms with van der Waals surface area (Å²) in [5.41, 5.74) is 6.61. The molecular weight excluding hydrogens is 263 g/mol. The molecule has 1 aliphatic rings. The molecule has 1 nitrogen and oxygen atoms in total. The Balaban J connectivity index is 2.24. The molecule has 0 aromatic heterocycles. The van der Waals surface area contributed by atoms with Crippen molar-refractivity contribution < 1.29 is 13.2 Å². The van der Waals surface area contributed by atoms with Crippen LogP contribution in [0.1, 0.15) is 50.7 Å². The lowest BCUT2D eigenvalue weighted by Gasteiger charge is -2.47. The first-order chi connectivity index (χ1) is 9.25. The van der Waals surface area contributed by atoms with Gasteiger partial charge >= 0.3 is 6.18 Å². The molecule has 1 atom stereocenters. The minimum atomic E-state index is -4.27. The molecular formula is C16H22F3N. The predicted octanol–water partition coefficient (Wildman–Crippen LogP) is 4.50. The first kappa shape index (κ1) is 15.4. The van der Waals surface area contributed by atoms with Crippen molar-refractivity contribution in [2.45, 2.75) is 57.2 Å². The fraction of sp³-hybridized carbons (Fsp3) is 0.625. The molecule has 1 saturated carbocycles. The van der Waals surface area contributed by atoms with Crippen LogP contribution in [0.5, 0.6) is 0 Å². The summed E-state index contributed by atoms with van der Waals surface area (Å²) >= 11 is 0. The summed E-state index contributed by atoms with van der Waals surface area (Å²) < 4.78 is 37.9. The third-order valence-corrected chi connectivity index (χ3v) is 4.47. The second-order valence-corrected chi connectivity index (χ2v) is 6.32. The number of rotatable bonds is 4. The molecule has 1 aliphatic carbocycles. The van der Waals surface area contributed by atoms with Crippen LogP contribution in [-0.4, -0.2) is 6.04 Å². The summed E-state index contributed by atoms with van der Waals surface area (Å²) in [6, 6.07) is 5.60. The number of benzene rings is 1. The summed E-state index contributed by atoms with van der Waals surface area (Å²) in [4.78, 5) is 0. The van der Waals surface area contributed by atoms with E-state index in [2.05, 4.69) is 13.8 Å². The van der Waals surface area contributed by atoms with Crippen molar-refractivity contribution in [3.8, 4) is 0 Å². The van der Waals surface area contributed by atoms with E-state index in [-0.39, 0.29) is 11.5 Å². The third-order valence-electron chi connectivity index (χ3n) is 4.47. The second-order valence-electron chi connectivity index (χ2n) is 6.32. The predicted molar refractivity (Wildman–Crippen MR) is 74.4 cm³/mol. The molecule has 0 saturated heterocycles. The van der Waals surface area contributed by atoms with Crippen molar-refractivity contribution in [3.63, 3.8) is 0 Å². The quantitative estimate of drug-likeness (QED) is 0.866. The van der Waals surface area contributed by atoms with E-state index in [1.807, 2.05) is 0 Å². The van der Waals surface area contributed by atoms with Gasteiger partial charge < -0.3 is 5.73 Å². The Morgan fingerprint density at radius 1 is 1.15 bits per heavy atom. The SMILES string of the molecule is CC(C)CC(N)C1(c2ccc(C(F)(F)F)cc2)CCC1. The topological polar surface area (TPSA) is 26.0 Å². The molecule has 1 fully saturated rings. The number of hydrogen-bond acceptors (Lipinski definition) is 1. The van der Waals surface area contributed by atoms with Gasteiger partial charge in [0.15, 0.2) is 0 Å². The third kappa shape index (κ3) is 2.85. The highest BCUT2D eigenvalue weighted by Crippen LogP contribution is 2.47. The Kier molecular flexibility index (Phi) is 4.14. The molecule has 2 N–H and O–H groups in total. The lowest BCUT2D eigenvalue weighted by atomic mass is 9.59. The standard InChI is InChI=1S/C16H22F3N/c1-11(2)10-14(20)15(8-3-9-15)12-4-6-13(7-5-12)16(17,18)19/h4-7,11,14H,3,8-10,20H2,1-2H3. The van der Waals surface area contributed by atoms with Gasteiger partial charge in [0.2, 0.25) is 0 Å². The number of hydrogen-bond donors (Lipinski definition) is 1. The summed E-state index contributed by atoms with van der Waals surface area (Å²) in [6.07, 6.45) is -0.308. The average molecular weight is 285 g/mol. The summed E-state index contributed by atoms with van der Waals surface area (Å²) in [6.45, 7) is 4.25. The van der Waals surface area contributed by atoms with Crippen molar-refractivity contribution in [2.75, 3.05) is 0 Å². The average Bonchev–Trinajstić information content (AvgIpc) is 2.25. The number of nitrogens with two attached hydrogens (primary N) is 1. The van der Waals surface area contributed by atoms with E-state index in [0.29, 0.717) is 5.92 Å². The smallest absolute Gasteiger partial charge is 0.327 e.